The molecule has 0 spiro atoms. The summed E-state index contributed by atoms with van der Waals surface area (Å²) in [7, 11) is 3.15. The lowest BCUT2D eigenvalue weighted by atomic mass is 10.1. The predicted molar refractivity (Wildman–Crippen MR) is 115 cm³/mol. The van der Waals surface area contributed by atoms with E-state index in [9.17, 15) is 9.90 Å². The molecule has 0 aliphatic carbocycles. The number of methoxy groups -OCH3 is 2. The van der Waals surface area contributed by atoms with Gasteiger partial charge in [-0.1, -0.05) is 0 Å². The molecule has 9 heteroatoms. The Morgan fingerprint density at radius 1 is 1.20 bits per heavy atom. The molecule has 1 aliphatic heterocycles. The highest BCUT2D eigenvalue weighted by molar-refractivity contribution is 5.80. The second-order valence-electron chi connectivity index (χ2n) is 6.99. The van der Waals surface area contributed by atoms with Gasteiger partial charge in [-0.3, -0.25) is 4.99 Å². The number of ether oxygens (including phenoxy) is 3. The lowest BCUT2D eigenvalue weighted by Gasteiger charge is -2.32. The normalized spacial score (nSPS) is 16.0. The van der Waals surface area contributed by atoms with Gasteiger partial charge in [0.15, 0.2) is 5.96 Å². The number of piperidine rings is 1. The Balaban J connectivity index is 1.95. The van der Waals surface area contributed by atoms with Gasteiger partial charge in [-0.25, -0.2) is 4.79 Å². The lowest BCUT2D eigenvalue weighted by Crippen LogP contribution is -2.50. The van der Waals surface area contributed by atoms with Gasteiger partial charge in [0.25, 0.3) is 0 Å². The van der Waals surface area contributed by atoms with Crippen molar-refractivity contribution in [2.24, 2.45) is 4.99 Å². The van der Waals surface area contributed by atoms with Crippen LogP contribution < -0.4 is 20.1 Å². The van der Waals surface area contributed by atoms with E-state index >= 15 is 0 Å². The van der Waals surface area contributed by atoms with Crippen LogP contribution in [0.3, 0.4) is 0 Å². The molecule has 9 nitrogen and oxygen atoms in total. The molecule has 1 atom stereocenters. The van der Waals surface area contributed by atoms with Gasteiger partial charge < -0.3 is 34.9 Å². The number of aliphatic hydroxyl groups is 1. The Morgan fingerprint density at radius 2 is 1.83 bits per heavy atom. The third-order valence-corrected chi connectivity index (χ3v) is 4.89. The van der Waals surface area contributed by atoms with E-state index in [-0.39, 0.29) is 18.7 Å². The summed E-state index contributed by atoms with van der Waals surface area (Å²) >= 11 is 0. The fraction of sp³-hybridized carbons (Fsp3) is 0.619. The molecule has 0 radical (unpaired) electrons. The fourth-order valence-electron chi connectivity index (χ4n) is 3.24. The summed E-state index contributed by atoms with van der Waals surface area (Å²) in [5.74, 6) is 1.87. The molecule has 0 saturated carbocycles. The third-order valence-electron chi connectivity index (χ3n) is 4.89. The zero-order valence-electron chi connectivity index (χ0n) is 18.3. The highest BCUT2D eigenvalue weighted by Crippen LogP contribution is 2.26. The standard InChI is InChI=1S/C21H34N4O5/c1-5-22-20(24-16-7-9-25(10-8-16)21(27)30-6-2)23-14-19(26)15-11-17(28-3)13-18(12-15)29-4/h11-13,16,19,26H,5-10,14H2,1-4H3,(H2,22,23,24). The van der Waals surface area contributed by atoms with Crippen molar-refractivity contribution in [1.82, 2.24) is 15.5 Å². The molecular formula is C21H34N4O5. The highest BCUT2D eigenvalue weighted by atomic mass is 16.6. The molecular weight excluding hydrogens is 388 g/mol. The van der Waals surface area contributed by atoms with Crippen molar-refractivity contribution >= 4 is 12.1 Å². The molecule has 0 bridgehead atoms. The Morgan fingerprint density at radius 3 is 2.37 bits per heavy atom. The molecule has 168 valence electrons. The summed E-state index contributed by atoms with van der Waals surface area (Å²) in [6.07, 6.45) is 0.557. The van der Waals surface area contributed by atoms with Crippen molar-refractivity contribution in [2.75, 3.05) is 47.0 Å². The van der Waals surface area contributed by atoms with E-state index in [2.05, 4.69) is 15.6 Å². The van der Waals surface area contributed by atoms with E-state index < -0.39 is 6.10 Å². The molecule has 1 unspecified atom stereocenters. The van der Waals surface area contributed by atoms with Crippen LogP contribution in [-0.4, -0.2) is 75.1 Å². The number of nitrogens with one attached hydrogen (secondary N) is 2. The Labute approximate surface area is 178 Å². The Kier molecular flexibility index (Phi) is 9.53. The van der Waals surface area contributed by atoms with Crippen LogP contribution in [0.25, 0.3) is 0 Å². The highest BCUT2D eigenvalue weighted by Gasteiger charge is 2.24. The summed E-state index contributed by atoms with van der Waals surface area (Å²) < 4.78 is 15.6. The van der Waals surface area contributed by atoms with Crippen molar-refractivity contribution in [3.05, 3.63) is 23.8 Å². The van der Waals surface area contributed by atoms with Crippen LogP contribution in [0.15, 0.2) is 23.2 Å². The molecule has 1 amide bonds. The minimum absolute atomic E-state index is 0.188. The number of hydrogen-bond acceptors (Lipinski definition) is 6. The van der Waals surface area contributed by atoms with E-state index in [0.717, 1.165) is 12.8 Å². The van der Waals surface area contributed by atoms with E-state index in [1.807, 2.05) is 6.92 Å². The van der Waals surface area contributed by atoms with E-state index in [1.54, 1.807) is 44.2 Å². The zero-order chi connectivity index (χ0) is 21.9. The predicted octanol–water partition coefficient (Wildman–Crippen LogP) is 1.91. The average molecular weight is 423 g/mol. The van der Waals surface area contributed by atoms with E-state index in [1.165, 1.54) is 0 Å². The van der Waals surface area contributed by atoms with Crippen molar-refractivity contribution < 1.29 is 24.1 Å². The maximum atomic E-state index is 11.8. The molecule has 1 fully saturated rings. The molecule has 1 aromatic rings. The van der Waals surface area contributed by atoms with Crippen LogP contribution in [-0.2, 0) is 4.74 Å². The van der Waals surface area contributed by atoms with Crippen LogP contribution >= 0.6 is 0 Å². The molecule has 2 rings (SSSR count). The lowest BCUT2D eigenvalue weighted by molar-refractivity contribution is 0.0963. The number of aliphatic imine (C=N–C) groups is 1. The van der Waals surface area contributed by atoms with Gasteiger partial charge in [0.05, 0.1) is 33.5 Å². The van der Waals surface area contributed by atoms with Crippen LogP contribution in [0, 0.1) is 0 Å². The van der Waals surface area contributed by atoms with Gasteiger partial charge in [0.2, 0.25) is 0 Å². The van der Waals surface area contributed by atoms with Crippen LogP contribution in [0.5, 0.6) is 11.5 Å². The number of likely N-dealkylation sites (tertiary alicyclic amines) is 1. The first-order valence-electron chi connectivity index (χ1n) is 10.4. The number of guanidine groups is 1. The smallest absolute Gasteiger partial charge is 0.409 e. The maximum Gasteiger partial charge on any atom is 0.409 e. The van der Waals surface area contributed by atoms with Crippen LogP contribution in [0.1, 0.15) is 38.4 Å². The number of amides is 1. The maximum absolute atomic E-state index is 11.8. The van der Waals surface area contributed by atoms with Gasteiger partial charge in [-0.15, -0.1) is 0 Å². The number of benzene rings is 1. The van der Waals surface area contributed by atoms with Gasteiger partial charge in [-0.2, -0.15) is 0 Å². The van der Waals surface area contributed by atoms with Crippen LogP contribution in [0.2, 0.25) is 0 Å². The zero-order valence-corrected chi connectivity index (χ0v) is 18.3. The van der Waals surface area contributed by atoms with Crippen molar-refractivity contribution in [3.63, 3.8) is 0 Å². The summed E-state index contributed by atoms with van der Waals surface area (Å²) in [4.78, 5) is 18.1. The van der Waals surface area contributed by atoms with E-state index in [4.69, 9.17) is 14.2 Å². The monoisotopic (exact) mass is 422 g/mol. The molecule has 1 aliphatic rings. The van der Waals surface area contributed by atoms with Crippen molar-refractivity contribution in [3.8, 4) is 11.5 Å². The molecule has 30 heavy (non-hydrogen) atoms. The number of rotatable bonds is 8. The number of aliphatic hydroxyl groups excluding tert-OH is 1. The fourth-order valence-corrected chi connectivity index (χ4v) is 3.24. The molecule has 1 heterocycles. The first-order valence-corrected chi connectivity index (χ1v) is 10.4. The topological polar surface area (TPSA) is 105 Å². The van der Waals surface area contributed by atoms with Crippen molar-refractivity contribution in [1.29, 1.82) is 0 Å². The summed E-state index contributed by atoms with van der Waals surface area (Å²) in [6, 6.07) is 5.50. The third kappa shape index (κ3) is 6.98. The Hall–Kier alpha value is -2.68. The second-order valence-corrected chi connectivity index (χ2v) is 6.99. The first kappa shape index (κ1) is 23.6. The largest absolute Gasteiger partial charge is 0.497 e. The molecule has 1 aromatic carbocycles. The minimum atomic E-state index is -0.796. The van der Waals surface area contributed by atoms with Crippen molar-refractivity contribution in [2.45, 2.75) is 38.8 Å². The number of carbonyl (C=O) groups excluding carboxylic acids is 1. The summed E-state index contributed by atoms with van der Waals surface area (Å²) in [6.45, 7) is 6.36. The second kappa shape index (κ2) is 12.1. The molecule has 0 aromatic heterocycles. The average Bonchev–Trinajstić information content (AvgIpc) is 2.77. The van der Waals surface area contributed by atoms with Gasteiger partial charge in [-0.05, 0) is 44.4 Å². The Bertz CT molecular complexity index is 682. The molecule has 1 saturated heterocycles. The SMILES string of the molecule is CCNC(=NCC(O)c1cc(OC)cc(OC)c1)NC1CCN(C(=O)OCC)CC1. The first-order chi connectivity index (χ1) is 14.5. The number of nitrogens with zero attached hydrogens (tertiary/aromatic N) is 2. The minimum Gasteiger partial charge on any atom is -0.497 e. The summed E-state index contributed by atoms with van der Waals surface area (Å²) in [5.41, 5.74) is 0.675. The van der Waals surface area contributed by atoms with Gasteiger partial charge in [0.1, 0.15) is 11.5 Å². The summed E-state index contributed by atoms with van der Waals surface area (Å²) in [5, 5.41) is 17.2. The van der Waals surface area contributed by atoms with Gasteiger partial charge >= 0.3 is 6.09 Å². The number of carbonyl (C=O) groups is 1. The van der Waals surface area contributed by atoms with E-state index in [0.29, 0.717) is 49.3 Å². The number of hydrogen-bond donors (Lipinski definition) is 3. The van der Waals surface area contributed by atoms with Crippen LogP contribution in [0.4, 0.5) is 4.79 Å². The quantitative estimate of drug-likeness (QED) is 0.434. The van der Waals surface area contributed by atoms with Gasteiger partial charge in [0, 0.05) is 31.7 Å². The molecule has 3 N–H and O–H groups in total.